The third-order valence-corrected chi connectivity index (χ3v) is 3.84. The van der Waals surface area contributed by atoms with E-state index < -0.39 is 0 Å². The van der Waals surface area contributed by atoms with E-state index in [1.807, 2.05) is 37.3 Å². The molecule has 3 heteroatoms. The summed E-state index contributed by atoms with van der Waals surface area (Å²) in [6.45, 7) is 2.48. The highest BCUT2D eigenvalue weighted by molar-refractivity contribution is 5.37. The molecule has 1 aliphatic rings. The second-order valence-electron chi connectivity index (χ2n) is 5.70. The van der Waals surface area contributed by atoms with Gasteiger partial charge >= 0.3 is 0 Å². The summed E-state index contributed by atoms with van der Waals surface area (Å²) < 4.78 is 6.86. The average Bonchev–Trinajstić information content (AvgIpc) is 3.34. The molecule has 1 aliphatic carbocycles. The van der Waals surface area contributed by atoms with Crippen LogP contribution in [0, 0.1) is 24.7 Å². The Labute approximate surface area is 130 Å². The molecule has 0 N–H and O–H groups in total. The number of rotatable bonds is 3. The van der Waals surface area contributed by atoms with E-state index in [9.17, 15) is 4.79 Å². The van der Waals surface area contributed by atoms with E-state index in [1.165, 1.54) is 18.9 Å². The van der Waals surface area contributed by atoms with Crippen LogP contribution in [-0.4, -0.2) is 11.7 Å². The van der Waals surface area contributed by atoms with Crippen LogP contribution in [-0.2, 0) is 6.54 Å². The Bertz CT molecular complexity index is 787. The summed E-state index contributed by atoms with van der Waals surface area (Å²) in [5.74, 6) is 7.67. The van der Waals surface area contributed by atoms with Gasteiger partial charge in [-0.1, -0.05) is 24.0 Å². The molecule has 1 fully saturated rings. The highest BCUT2D eigenvalue weighted by Gasteiger charge is 2.17. The summed E-state index contributed by atoms with van der Waals surface area (Å²) in [7, 11) is 1.57. The van der Waals surface area contributed by atoms with E-state index in [0.717, 1.165) is 16.8 Å². The topological polar surface area (TPSA) is 31.2 Å². The summed E-state index contributed by atoms with van der Waals surface area (Å²) in [5.41, 5.74) is 2.97. The van der Waals surface area contributed by atoms with E-state index in [0.29, 0.717) is 18.2 Å². The van der Waals surface area contributed by atoms with Crippen LogP contribution in [0.15, 0.2) is 41.2 Å². The zero-order valence-corrected chi connectivity index (χ0v) is 12.9. The highest BCUT2D eigenvalue weighted by atomic mass is 16.5. The summed E-state index contributed by atoms with van der Waals surface area (Å²) in [6, 6.07) is 11.5. The fourth-order valence-corrected chi connectivity index (χ4v) is 2.31. The molecular formula is C19H19NO2. The van der Waals surface area contributed by atoms with Crippen LogP contribution >= 0.6 is 0 Å². The summed E-state index contributed by atoms with van der Waals surface area (Å²) >= 11 is 0. The zero-order valence-electron chi connectivity index (χ0n) is 12.9. The molecule has 2 aromatic rings. The van der Waals surface area contributed by atoms with Crippen LogP contribution in [0.5, 0.6) is 5.75 Å². The van der Waals surface area contributed by atoms with Crippen LogP contribution < -0.4 is 10.3 Å². The van der Waals surface area contributed by atoms with Crippen molar-refractivity contribution in [1.29, 1.82) is 0 Å². The van der Waals surface area contributed by atoms with Crippen molar-refractivity contribution in [3.8, 4) is 17.6 Å². The first-order valence-electron chi connectivity index (χ1n) is 7.51. The van der Waals surface area contributed by atoms with Crippen LogP contribution in [0.3, 0.4) is 0 Å². The lowest BCUT2D eigenvalue weighted by Gasteiger charge is -2.11. The van der Waals surface area contributed by atoms with E-state index >= 15 is 0 Å². The number of ether oxygens (including phenoxy) is 1. The van der Waals surface area contributed by atoms with Gasteiger partial charge in [0.05, 0.1) is 13.7 Å². The van der Waals surface area contributed by atoms with Gasteiger partial charge in [0.25, 0.3) is 5.56 Å². The molecule has 1 heterocycles. The Morgan fingerprint density at radius 3 is 2.55 bits per heavy atom. The van der Waals surface area contributed by atoms with Gasteiger partial charge < -0.3 is 9.30 Å². The van der Waals surface area contributed by atoms with E-state index in [4.69, 9.17) is 4.74 Å². The molecule has 0 bridgehead atoms. The quantitative estimate of drug-likeness (QED) is 0.815. The molecule has 3 rings (SSSR count). The number of aromatic nitrogens is 1. The monoisotopic (exact) mass is 293 g/mol. The van der Waals surface area contributed by atoms with Gasteiger partial charge in [0.2, 0.25) is 0 Å². The van der Waals surface area contributed by atoms with Gasteiger partial charge in [-0.3, -0.25) is 4.79 Å². The normalized spacial score (nSPS) is 13.4. The fraction of sp³-hybridized carbons (Fsp3) is 0.316. The number of hydrogen-bond donors (Lipinski definition) is 0. The van der Waals surface area contributed by atoms with E-state index in [-0.39, 0.29) is 5.56 Å². The van der Waals surface area contributed by atoms with Gasteiger partial charge in [-0.05, 0) is 43.5 Å². The van der Waals surface area contributed by atoms with Crippen molar-refractivity contribution in [2.75, 3.05) is 7.11 Å². The maximum atomic E-state index is 12.1. The van der Waals surface area contributed by atoms with Crippen molar-refractivity contribution in [1.82, 2.24) is 4.57 Å². The van der Waals surface area contributed by atoms with E-state index in [1.54, 1.807) is 11.7 Å². The average molecular weight is 293 g/mol. The lowest BCUT2D eigenvalue weighted by atomic mass is 10.1. The molecule has 0 saturated heterocycles. The molecule has 0 aliphatic heterocycles. The minimum absolute atomic E-state index is 0.0468. The van der Waals surface area contributed by atoms with Crippen molar-refractivity contribution in [3.63, 3.8) is 0 Å². The molecular weight excluding hydrogens is 274 g/mol. The first-order valence-corrected chi connectivity index (χ1v) is 7.51. The predicted molar refractivity (Wildman–Crippen MR) is 87.1 cm³/mol. The molecule has 0 spiro atoms. The Morgan fingerprint density at radius 2 is 1.95 bits per heavy atom. The number of aryl methyl sites for hydroxylation is 1. The van der Waals surface area contributed by atoms with Gasteiger partial charge in [0, 0.05) is 23.2 Å². The van der Waals surface area contributed by atoms with Crippen molar-refractivity contribution in [3.05, 3.63) is 63.6 Å². The second kappa shape index (κ2) is 6.11. The molecule has 1 aromatic carbocycles. The largest absolute Gasteiger partial charge is 0.496 e. The zero-order chi connectivity index (χ0) is 15.5. The summed E-state index contributed by atoms with van der Waals surface area (Å²) in [4.78, 5) is 12.1. The van der Waals surface area contributed by atoms with Gasteiger partial charge in [-0.2, -0.15) is 0 Å². The third-order valence-electron chi connectivity index (χ3n) is 3.84. The molecule has 0 amide bonds. The van der Waals surface area contributed by atoms with Crippen LogP contribution in [0.2, 0.25) is 0 Å². The second-order valence-corrected chi connectivity index (χ2v) is 5.70. The Morgan fingerprint density at radius 1 is 1.23 bits per heavy atom. The first kappa shape index (κ1) is 14.5. The molecule has 22 heavy (non-hydrogen) atoms. The molecule has 0 radical (unpaired) electrons. The van der Waals surface area contributed by atoms with Crippen molar-refractivity contribution >= 4 is 0 Å². The van der Waals surface area contributed by atoms with Crippen LogP contribution in [0.25, 0.3) is 0 Å². The molecule has 1 aromatic heterocycles. The van der Waals surface area contributed by atoms with Gasteiger partial charge in [-0.15, -0.1) is 0 Å². The van der Waals surface area contributed by atoms with Gasteiger partial charge in [0.15, 0.2) is 0 Å². The van der Waals surface area contributed by atoms with Crippen molar-refractivity contribution in [2.45, 2.75) is 26.3 Å². The summed E-state index contributed by atoms with van der Waals surface area (Å²) in [6.07, 6.45) is 2.48. The summed E-state index contributed by atoms with van der Waals surface area (Å²) in [5, 5.41) is 0. The highest BCUT2D eigenvalue weighted by Crippen LogP contribution is 2.27. The predicted octanol–water partition coefficient (Wildman–Crippen LogP) is 2.98. The SMILES string of the molecule is COc1cc(C)n(Cc2ccc(C#CC3CC3)cc2)c(=O)c1. The molecule has 112 valence electrons. The standard InChI is InChI=1S/C19H19NO2/c1-14-11-18(22-2)12-19(21)20(14)13-17-9-7-16(8-10-17)6-5-15-3-4-15/h7-12,15H,3-4,13H2,1-2H3. The maximum absolute atomic E-state index is 12.1. The molecule has 0 unspecified atom stereocenters. The Balaban J connectivity index is 1.78. The van der Waals surface area contributed by atoms with Crippen molar-refractivity contribution < 1.29 is 4.74 Å². The van der Waals surface area contributed by atoms with E-state index in [2.05, 4.69) is 11.8 Å². The molecule has 1 saturated carbocycles. The van der Waals surface area contributed by atoms with Gasteiger partial charge in [-0.25, -0.2) is 0 Å². The van der Waals surface area contributed by atoms with Crippen molar-refractivity contribution in [2.24, 2.45) is 5.92 Å². The number of benzene rings is 1. The maximum Gasteiger partial charge on any atom is 0.254 e. The molecule has 3 nitrogen and oxygen atoms in total. The molecule has 0 atom stereocenters. The lowest BCUT2D eigenvalue weighted by molar-refractivity contribution is 0.411. The Hall–Kier alpha value is -2.47. The Kier molecular flexibility index (Phi) is 4.02. The van der Waals surface area contributed by atoms with Crippen LogP contribution in [0.1, 0.15) is 29.7 Å². The minimum Gasteiger partial charge on any atom is -0.496 e. The number of pyridine rings is 1. The first-order chi connectivity index (χ1) is 10.7. The fourth-order valence-electron chi connectivity index (χ4n) is 2.31. The smallest absolute Gasteiger partial charge is 0.254 e. The number of nitrogens with zero attached hydrogens (tertiary/aromatic N) is 1. The number of methoxy groups -OCH3 is 1. The lowest BCUT2D eigenvalue weighted by Crippen LogP contribution is -2.22. The minimum atomic E-state index is -0.0468. The third kappa shape index (κ3) is 3.40. The van der Waals surface area contributed by atoms with Crippen LogP contribution in [0.4, 0.5) is 0 Å². The van der Waals surface area contributed by atoms with Gasteiger partial charge in [0.1, 0.15) is 5.75 Å². The number of hydrogen-bond acceptors (Lipinski definition) is 2.